The van der Waals surface area contributed by atoms with Crippen molar-refractivity contribution in [2.24, 2.45) is 13.0 Å². The predicted octanol–water partition coefficient (Wildman–Crippen LogP) is 2.87. The van der Waals surface area contributed by atoms with Crippen LogP contribution in [0.4, 0.5) is 4.39 Å². The number of hydrogen-bond donors (Lipinski definition) is 0. The second kappa shape index (κ2) is 5.85. The van der Waals surface area contributed by atoms with Gasteiger partial charge in [0.05, 0.1) is 17.6 Å². The van der Waals surface area contributed by atoms with Crippen molar-refractivity contribution in [2.45, 2.75) is 12.1 Å². The van der Waals surface area contributed by atoms with Crippen molar-refractivity contribution in [2.75, 3.05) is 5.75 Å². The lowest BCUT2D eigenvalue weighted by molar-refractivity contribution is 0.628. The van der Waals surface area contributed by atoms with Crippen LogP contribution >= 0.6 is 11.8 Å². The quantitative estimate of drug-likeness (QED) is 0.806. The van der Waals surface area contributed by atoms with E-state index in [1.165, 1.54) is 17.8 Å². The fraction of sp³-hybridized carbons (Fsp3) is 0.308. The van der Waals surface area contributed by atoms with Crippen LogP contribution in [0.1, 0.15) is 6.92 Å². The van der Waals surface area contributed by atoms with Crippen molar-refractivity contribution in [3.8, 4) is 17.5 Å². The Morgan fingerprint density at radius 3 is 2.84 bits per heavy atom. The summed E-state index contributed by atoms with van der Waals surface area (Å²) in [7, 11) is 1.79. The first-order chi connectivity index (χ1) is 9.13. The molecule has 0 aliphatic carbocycles. The Hall–Kier alpha value is -1.87. The van der Waals surface area contributed by atoms with Crippen LogP contribution in [0.5, 0.6) is 0 Å². The summed E-state index contributed by atoms with van der Waals surface area (Å²) in [6.45, 7) is 1.85. The van der Waals surface area contributed by atoms with E-state index in [4.69, 9.17) is 5.26 Å². The fourth-order valence-electron chi connectivity index (χ4n) is 1.55. The molecule has 4 nitrogen and oxygen atoms in total. The molecule has 0 aliphatic rings. The second-order valence-electron chi connectivity index (χ2n) is 4.19. The van der Waals surface area contributed by atoms with Gasteiger partial charge in [-0.15, -0.1) is 10.2 Å². The van der Waals surface area contributed by atoms with Gasteiger partial charge in [0.2, 0.25) is 0 Å². The summed E-state index contributed by atoms with van der Waals surface area (Å²) in [5, 5.41) is 17.5. The van der Waals surface area contributed by atoms with Gasteiger partial charge < -0.3 is 4.57 Å². The molecule has 0 saturated heterocycles. The van der Waals surface area contributed by atoms with Gasteiger partial charge in [-0.05, 0) is 19.1 Å². The van der Waals surface area contributed by atoms with E-state index in [9.17, 15) is 4.39 Å². The molecule has 0 N–H and O–H groups in total. The molecular formula is C13H13FN4S. The van der Waals surface area contributed by atoms with E-state index >= 15 is 0 Å². The Bertz CT molecular complexity index is 617. The molecule has 0 spiro atoms. The van der Waals surface area contributed by atoms with Crippen LogP contribution < -0.4 is 0 Å². The van der Waals surface area contributed by atoms with Crippen LogP contribution in [0.3, 0.4) is 0 Å². The number of rotatable bonds is 4. The van der Waals surface area contributed by atoms with E-state index in [0.717, 1.165) is 0 Å². The molecule has 0 radical (unpaired) electrons. The number of thioether (sulfide) groups is 1. The van der Waals surface area contributed by atoms with E-state index in [0.29, 0.717) is 22.3 Å². The molecule has 2 aromatic rings. The summed E-state index contributed by atoms with van der Waals surface area (Å²) >= 11 is 1.45. The lowest BCUT2D eigenvalue weighted by Crippen LogP contribution is -1.99. The van der Waals surface area contributed by atoms with Crippen molar-refractivity contribution in [3.63, 3.8) is 0 Å². The maximum absolute atomic E-state index is 13.7. The molecule has 0 aliphatic heterocycles. The zero-order valence-corrected chi connectivity index (χ0v) is 11.5. The summed E-state index contributed by atoms with van der Waals surface area (Å²) in [4.78, 5) is 0. The normalized spacial score (nSPS) is 12.1. The van der Waals surface area contributed by atoms with E-state index < -0.39 is 0 Å². The summed E-state index contributed by atoms with van der Waals surface area (Å²) in [6, 6.07) is 8.63. The number of nitrogens with zero attached hydrogens (tertiary/aromatic N) is 4. The molecule has 0 saturated carbocycles. The SMILES string of the molecule is C[C@@H](C#N)CSc1nnc(-c2ccccc2F)n1C. The van der Waals surface area contributed by atoms with Crippen LogP contribution in [-0.4, -0.2) is 20.5 Å². The Balaban J connectivity index is 2.24. The molecule has 0 bridgehead atoms. The Labute approximate surface area is 115 Å². The van der Waals surface area contributed by atoms with E-state index in [2.05, 4.69) is 16.3 Å². The predicted molar refractivity (Wildman–Crippen MR) is 71.9 cm³/mol. The van der Waals surface area contributed by atoms with Gasteiger partial charge >= 0.3 is 0 Å². The molecule has 1 aromatic heterocycles. The number of halogens is 1. The Morgan fingerprint density at radius 2 is 2.16 bits per heavy atom. The third-order valence-corrected chi connectivity index (χ3v) is 3.91. The molecule has 98 valence electrons. The first-order valence-electron chi connectivity index (χ1n) is 5.80. The smallest absolute Gasteiger partial charge is 0.191 e. The van der Waals surface area contributed by atoms with Crippen LogP contribution in [0.25, 0.3) is 11.4 Å². The average molecular weight is 276 g/mol. The Kier molecular flexibility index (Phi) is 4.17. The van der Waals surface area contributed by atoms with E-state index in [1.54, 1.807) is 29.8 Å². The van der Waals surface area contributed by atoms with Gasteiger partial charge in [-0.1, -0.05) is 23.9 Å². The zero-order chi connectivity index (χ0) is 13.8. The van der Waals surface area contributed by atoms with Crippen molar-refractivity contribution >= 4 is 11.8 Å². The van der Waals surface area contributed by atoms with Gasteiger partial charge in [0.15, 0.2) is 11.0 Å². The molecule has 0 unspecified atom stereocenters. The summed E-state index contributed by atoms with van der Waals surface area (Å²) in [5.41, 5.74) is 0.428. The van der Waals surface area contributed by atoms with Crippen LogP contribution in [0.15, 0.2) is 29.4 Å². The highest BCUT2D eigenvalue weighted by Crippen LogP contribution is 2.25. The van der Waals surface area contributed by atoms with Crippen LogP contribution in [0, 0.1) is 23.1 Å². The molecule has 1 heterocycles. The van der Waals surface area contributed by atoms with Crippen LogP contribution in [0.2, 0.25) is 0 Å². The summed E-state index contributed by atoms with van der Waals surface area (Å²) < 4.78 is 15.4. The standard InChI is InChI=1S/C13H13FN4S/c1-9(7-15)8-19-13-17-16-12(18(13)2)10-5-3-4-6-11(10)14/h3-6,9H,8H2,1-2H3/t9-/m0/s1. The van der Waals surface area contributed by atoms with Crippen molar-refractivity contribution in [1.82, 2.24) is 14.8 Å². The minimum absolute atomic E-state index is 0.0568. The first-order valence-corrected chi connectivity index (χ1v) is 6.78. The average Bonchev–Trinajstić information content (AvgIpc) is 2.78. The van der Waals surface area contributed by atoms with Gasteiger partial charge in [0.1, 0.15) is 5.82 Å². The van der Waals surface area contributed by atoms with Crippen molar-refractivity contribution < 1.29 is 4.39 Å². The molecule has 0 amide bonds. The molecule has 2 rings (SSSR count). The number of aromatic nitrogens is 3. The minimum atomic E-state index is -0.319. The van der Waals surface area contributed by atoms with Crippen molar-refractivity contribution in [3.05, 3.63) is 30.1 Å². The summed E-state index contributed by atoms with van der Waals surface area (Å²) in [6.07, 6.45) is 0. The summed E-state index contributed by atoms with van der Waals surface area (Å²) in [5.74, 6) is 0.753. The van der Waals surface area contributed by atoms with Gasteiger partial charge in [-0.3, -0.25) is 0 Å². The number of hydrogen-bond acceptors (Lipinski definition) is 4. The highest BCUT2D eigenvalue weighted by molar-refractivity contribution is 7.99. The first kappa shape index (κ1) is 13.6. The minimum Gasteiger partial charge on any atom is -0.305 e. The van der Waals surface area contributed by atoms with Crippen molar-refractivity contribution in [1.29, 1.82) is 5.26 Å². The Morgan fingerprint density at radius 1 is 1.42 bits per heavy atom. The maximum Gasteiger partial charge on any atom is 0.191 e. The van der Waals surface area contributed by atoms with Gasteiger partial charge in [0, 0.05) is 12.8 Å². The largest absolute Gasteiger partial charge is 0.305 e. The molecule has 1 atom stereocenters. The van der Waals surface area contributed by atoms with E-state index in [-0.39, 0.29) is 11.7 Å². The number of benzene rings is 1. The lowest BCUT2D eigenvalue weighted by atomic mass is 10.2. The van der Waals surface area contributed by atoms with E-state index in [1.807, 2.05) is 6.92 Å². The lowest BCUT2D eigenvalue weighted by Gasteiger charge is -2.05. The fourth-order valence-corrected chi connectivity index (χ4v) is 2.41. The second-order valence-corrected chi connectivity index (χ2v) is 5.17. The molecule has 0 fully saturated rings. The molecular weight excluding hydrogens is 263 g/mol. The number of nitriles is 1. The van der Waals surface area contributed by atoms with Crippen LogP contribution in [-0.2, 0) is 7.05 Å². The highest BCUT2D eigenvalue weighted by Gasteiger charge is 2.14. The maximum atomic E-state index is 13.7. The molecule has 19 heavy (non-hydrogen) atoms. The highest BCUT2D eigenvalue weighted by atomic mass is 32.2. The zero-order valence-electron chi connectivity index (χ0n) is 10.7. The molecule has 1 aromatic carbocycles. The third-order valence-electron chi connectivity index (χ3n) is 2.63. The molecule has 6 heteroatoms. The monoisotopic (exact) mass is 276 g/mol. The van der Waals surface area contributed by atoms with Gasteiger partial charge in [-0.25, -0.2) is 4.39 Å². The third kappa shape index (κ3) is 2.93. The topological polar surface area (TPSA) is 54.5 Å². The van der Waals surface area contributed by atoms with Gasteiger partial charge in [0.25, 0.3) is 0 Å². The van der Waals surface area contributed by atoms with Gasteiger partial charge in [-0.2, -0.15) is 5.26 Å².